The number of alkyl halides is 1. The maximum atomic E-state index is 13.8. The van der Waals surface area contributed by atoms with Crippen molar-refractivity contribution in [2.75, 3.05) is 13.1 Å². The Kier molecular flexibility index (Phi) is 4.33. The summed E-state index contributed by atoms with van der Waals surface area (Å²) in [7, 11) is 0. The lowest BCUT2D eigenvalue weighted by Crippen LogP contribution is -2.60. The number of fused-ring (bicyclic) bond motifs is 1. The summed E-state index contributed by atoms with van der Waals surface area (Å²) in [5.41, 5.74) is 2.08. The van der Waals surface area contributed by atoms with E-state index < -0.39 is 5.67 Å². The molecule has 2 fully saturated rings. The molecule has 1 aliphatic heterocycles. The van der Waals surface area contributed by atoms with Gasteiger partial charge in [-0.2, -0.15) is 0 Å². The number of pyridine rings is 1. The van der Waals surface area contributed by atoms with Crippen molar-refractivity contribution in [2.45, 2.75) is 44.9 Å². The third-order valence-corrected chi connectivity index (χ3v) is 6.49. The van der Waals surface area contributed by atoms with Gasteiger partial charge in [-0.25, -0.2) is 4.39 Å². The highest BCUT2D eigenvalue weighted by atomic mass is 35.5. The molecule has 5 nitrogen and oxygen atoms in total. The number of aromatic nitrogens is 2. The first kappa shape index (κ1) is 19.4. The summed E-state index contributed by atoms with van der Waals surface area (Å²) < 4.78 is 17.4. The Labute approximate surface area is 178 Å². The van der Waals surface area contributed by atoms with E-state index in [0.29, 0.717) is 16.5 Å². The first-order valence-corrected chi connectivity index (χ1v) is 10.6. The van der Waals surface area contributed by atoms with Gasteiger partial charge in [0.1, 0.15) is 12.2 Å². The summed E-state index contributed by atoms with van der Waals surface area (Å²) in [4.78, 5) is 27.4. The van der Waals surface area contributed by atoms with E-state index in [-0.39, 0.29) is 31.1 Å². The molecule has 1 aliphatic carbocycles. The minimum absolute atomic E-state index is 0.0796. The Morgan fingerprint density at radius 3 is 2.63 bits per heavy atom. The molecule has 2 aromatic heterocycles. The normalized spacial score (nSPS) is 17.9. The molecule has 1 amide bonds. The SMILES string of the molecule is Cc1cc(-c2cn(C3CC3)c3ccn(CC(=O)N4CC(C)(F)C4)c(=O)c23)ccc1Cl. The van der Waals surface area contributed by atoms with Crippen molar-refractivity contribution in [3.8, 4) is 11.1 Å². The first-order valence-electron chi connectivity index (χ1n) is 10.2. The molecule has 1 aromatic carbocycles. The van der Waals surface area contributed by atoms with E-state index in [1.807, 2.05) is 37.4 Å². The van der Waals surface area contributed by atoms with Crippen LogP contribution in [0.2, 0.25) is 5.02 Å². The van der Waals surface area contributed by atoms with Gasteiger partial charge in [0, 0.05) is 29.0 Å². The van der Waals surface area contributed by atoms with Gasteiger partial charge in [-0.1, -0.05) is 17.7 Å². The summed E-state index contributed by atoms with van der Waals surface area (Å²) in [6, 6.07) is 8.07. The van der Waals surface area contributed by atoms with E-state index in [2.05, 4.69) is 4.57 Å². The standard InChI is InChI=1S/C23H23ClFN3O2/c1-14-9-15(3-6-18(14)24)17-10-28(16-4-5-16)19-7-8-26(22(30)21(17)19)11-20(29)27-12-23(2,25)13-27/h3,6-10,16H,4-5,11-13H2,1-2H3. The van der Waals surface area contributed by atoms with E-state index in [1.54, 1.807) is 6.20 Å². The van der Waals surface area contributed by atoms with Crippen molar-refractivity contribution >= 4 is 28.4 Å². The van der Waals surface area contributed by atoms with E-state index in [0.717, 1.165) is 35.0 Å². The smallest absolute Gasteiger partial charge is 0.261 e. The van der Waals surface area contributed by atoms with Gasteiger partial charge < -0.3 is 14.0 Å². The van der Waals surface area contributed by atoms with Crippen LogP contribution < -0.4 is 5.56 Å². The largest absolute Gasteiger partial charge is 0.344 e. The molecule has 1 saturated heterocycles. The molecular formula is C23H23ClFN3O2. The van der Waals surface area contributed by atoms with Crippen LogP contribution in [0.5, 0.6) is 0 Å². The second-order valence-corrected chi connectivity index (χ2v) is 9.22. The molecule has 0 N–H and O–H groups in total. The van der Waals surface area contributed by atoms with Crippen LogP contribution >= 0.6 is 11.6 Å². The Morgan fingerprint density at radius 1 is 1.27 bits per heavy atom. The number of rotatable bonds is 4. The Bertz CT molecular complexity index is 1230. The van der Waals surface area contributed by atoms with Crippen molar-refractivity contribution in [3.63, 3.8) is 0 Å². The van der Waals surface area contributed by atoms with E-state index in [9.17, 15) is 14.0 Å². The lowest BCUT2D eigenvalue weighted by Gasteiger charge is -2.42. The van der Waals surface area contributed by atoms with Crippen LogP contribution in [0.3, 0.4) is 0 Å². The zero-order chi connectivity index (χ0) is 21.2. The summed E-state index contributed by atoms with van der Waals surface area (Å²) in [5.74, 6) is -0.239. The fourth-order valence-electron chi connectivity index (χ4n) is 4.29. The first-order chi connectivity index (χ1) is 14.2. The molecular weight excluding hydrogens is 405 g/mol. The van der Waals surface area contributed by atoms with Crippen LogP contribution in [-0.4, -0.2) is 38.7 Å². The molecule has 2 aliphatic rings. The number of benzene rings is 1. The van der Waals surface area contributed by atoms with Gasteiger partial charge in [0.05, 0.1) is 24.0 Å². The second-order valence-electron chi connectivity index (χ2n) is 8.82. The predicted molar refractivity (Wildman–Crippen MR) is 116 cm³/mol. The van der Waals surface area contributed by atoms with Crippen LogP contribution in [0.4, 0.5) is 4.39 Å². The zero-order valence-corrected chi connectivity index (χ0v) is 17.7. The van der Waals surface area contributed by atoms with Crippen LogP contribution in [0.15, 0.2) is 41.5 Å². The molecule has 5 rings (SSSR count). The van der Waals surface area contributed by atoms with E-state index in [4.69, 9.17) is 11.6 Å². The average Bonchev–Trinajstić information content (AvgIpc) is 3.44. The van der Waals surface area contributed by atoms with Crippen molar-refractivity contribution < 1.29 is 9.18 Å². The maximum Gasteiger partial charge on any atom is 0.261 e. The molecule has 3 heterocycles. The number of aryl methyl sites for hydroxylation is 1. The van der Waals surface area contributed by atoms with Gasteiger partial charge >= 0.3 is 0 Å². The summed E-state index contributed by atoms with van der Waals surface area (Å²) in [6.45, 7) is 3.50. The molecule has 3 aromatic rings. The van der Waals surface area contributed by atoms with Gasteiger partial charge in [-0.05, 0) is 56.0 Å². The Hall–Kier alpha value is -2.60. The van der Waals surface area contributed by atoms with Crippen LogP contribution in [0.1, 0.15) is 31.4 Å². The maximum absolute atomic E-state index is 13.8. The lowest BCUT2D eigenvalue weighted by atomic mass is 9.99. The average molecular weight is 428 g/mol. The van der Waals surface area contributed by atoms with Gasteiger partial charge in [0.2, 0.25) is 5.91 Å². The fourth-order valence-corrected chi connectivity index (χ4v) is 4.41. The molecule has 1 saturated carbocycles. The van der Waals surface area contributed by atoms with Crippen LogP contribution in [0.25, 0.3) is 22.0 Å². The molecule has 0 atom stereocenters. The molecule has 0 spiro atoms. The molecule has 7 heteroatoms. The Morgan fingerprint density at radius 2 is 2.00 bits per heavy atom. The topological polar surface area (TPSA) is 47.2 Å². The van der Waals surface area contributed by atoms with Gasteiger partial charge in [-0.3, -0.25) is 9.59 Å². The summed E-state index contributed by atoms with van der Waals surface area (Å²) in [5, 5.41) is 1.29. The third kappa shape index (κ3) is 3.23. The van der Waals surface area contributed by atoms with Crippen molar-refractivity contribution in [3.05, 3.63) is 57.6 Å². The third-order valence-electron chi connectivity index (χ3n) is 6.07. The second kappa shape index (κ2) is 6.71. The highest BCUT2D eigenvalue weighted by molar-refractivity contribution is 6.31. The van der Waals surface area contributed by atoms with Crippen LogP contribution in [-0.2, 0) is 11.3 Å². The highest BCUT2D eigenvalue weighted by Gasteiger charge is 2.41. The number of carbonyl (C=O) groups excluding carboxylic acids is 1. The summed E-state index contributed by atoms with van der Waals surface area (Å²) >= 11 is 6.19. The predicted octanol–water partition coefficient (Wildman–Crippen LogP) is 4.34. The summed E-state index contributed by atoms with van der Waals surface area (Å²) in [6.07, 6.45) is 5.91. The van der Waals surface area contributed by atoms with E-state index >= 15 is 0 Å². The molecule has 0 bridgehead atoms. The Balaban J connectivity index is 1.58. The van der Waals surface area contributed by atoms with Gasteiger partial charge in [0.25, 0.3) is 5.56 Å². The van der Waals surface area contributed by atoms with Crippen LogP contribution in [0, 0.1) is 6.92 Å². The van der Waals surface area contributed by atoms with Crippen molar-refractivity contribution in [1.82, 2.24) is 14.0 Å². The number of hydrogen-bond acceptors (Lipinski definition) is 2. The molecule has 0 unspecified atom stereocenters. The number of carbonyl (C=O) groups is 1. The number of likely N-dealkylation sites (tertiary alicyclic amines) is 1. The molecule has 30 heavy (non-hydrogen) atoms. The van der Waals surface area contributed by atoms with E-state index in [1.165, 1.54) is 16.4 Å². The zero-order valence-electron chi connectivity index (χ0n) is 17.0. The van der Waals surface area contributed by atoms with Gasteiger partial charge in [0.15, 0.2) is 0 Å². The van der Waals surface area contributed by atoms with Gasteiger partial charge in [-0.15, -0.1) is 0 Å². The number of amides is 1. The molecule has 156 valence electrons. The fraction of sp³-hybridized carbons (Fsp3) is 0.391. The monoisotopic (exact) mass is 427 g/mol. The number of halogens is 2. The lowest BCUT2D eigenvalue weighted by molar-refractivity contribution is -0.144. The van der Waals surface area contributed by atoms with Crippen molar-refractivity contribution in [1.29, 1.82) is 0 Å². The minimum atomic E-state index is -1.33. The highest BCUT2D eigenvalue weighted by Crippen LogP contribution is 2.41. The minimum Gasteiger partial charge on any atom is -0.344 e. The molecule has 0 radical (unpaired) electrons. The quantitative estimate of drug-likeness (QED) is 0.622. The number of nitrogens with zero attached hydrogens (tertiary/aromatic N) is 3. The van der Waals surface area contributed by atoms with Crippen molar-refractivity contribution in [2.24, 2.45) is 0 Å². The number of hydrogen-bond donors (Lipinski definition) is 0.